The molecule has 0 spiro atoms. The summed E-state index contributed by atoms with van der Waals surface area (Å²) in [5.74, 6) is 0. The smallest absolute Gasteiger partial charge is 0.0333 e. The van der Waals surface area contributed by atoms with Gasteiger partial charge in [0.15, 0.2) is 0 Å². The minimum Gasteiger partial charge on any atom is -0.269 e. The Morgan fingerprint density at radius 1 is 1.38 bits per heavy atom. The SMILES string of the molecule is CCC(C)[SiH](C)C.F. The van der Waals surface area contributed by atoms with Crippen molar-refractivity contribution < 1.29 is 4.70 Å². The lowest BCUT2D eigenvalue weighted by Crippen LogP contribution is -2.06. The highest BCUT2D eigenvalue weighted by atomic mass is 28.3. The highest BCUT2D eigenvalue weighted by Gasteiger charge is 2.02. The molecule has 0 nitrogen and oxygen atoms in total. The zero-order valence-corrected chi connectivity index (χ0v) is 7.42. The van der Waals surface area contributed by atoms with Gasteiger partial charge in [-0.25, -0.2) is 0 Å². The van der Waals surface area contributed by atoms with Gasteiger partial charge in [-0.15, -0.1) is 0 Å². The lowest BCUT2D eigenvalue weighted by molar-refractivity contribution is 0.859. The van der Waals surface area contributed by atoms with E-state index in [0.717, 1.165) is 5.54 Å². The van der Waals surface area contributed by atoms with Gasteiger partial charge in [-0.1, -0.05) is 38.9 Å². The average Bonchev–Trinajstić information content (AvgIpc) is 1.65. The van der Waals surface area contributed by atoms with Gasteiger partial charge in [0, 0.05) is 8.80 Å². The summed E-state index contributed by atoms with van der Waals surface area (Å²) in [6.07, 6.45) is 1.38. The Bertz CT molecular complexity index is 45.8. The summed E-state index contributed by atoms with van der Waals surface area (Å²) in [5.41, 5.74) is 1.04. The van der Waals surface area contributed by atoms with Crippen molar-refractivity contribution in [1.82, 2.24) is 0 Å². The summed E-state index contributed by atoms with van der Waals surface area (Å²) in [4.78, 5) is 0. The van der Waals surface area contributed by atoms with Crippen molar-refractivity contribution in [3.8, 4) is 0 Å². The van der Waals surface area contributed by atoms with Crippen molar-refractivity contribution in [2.24, 2.45) is 0 Å². The van der Waals surface area contributed by atoms with Gasteiger partial charge in [-0.2, -0.15) is 0 Å². The van der Waals surface area contributed by atoms with Crippen molar-refractivity contribution in [2.75, 3.05) is 0 Å². The first-order chi connectivity index (χ1) is 3.18. The molecule has 1 atom stereocenters. The fourth-order valence-electron chi connectivity index (χ4n) is 0.471. The molecule has 0 saturated carbocycles. The van der Waals surface area contributed by atoms with Crippen molar-refractivity contribution >= 4 is 8.80 Å². The summed E-state index contributed by atoms with van der Waals surface area (Å²) in [6, 6.07) is 0. The standard InChI is InChI=1S/C6H16Si.FH/c1-5-6(2)7(3)4;/h6-7H,5H2,1-4H3;1H. The zero-order chi connectivity index (χ0) is 5.86. The molecular formula is C6H17FSi. The first kappa shape index (κ1) is 11.0. The van der Waals surface area contributed by atoms with Crippen molar-refractivity contribution in [3.05, 3.63) is 0 Å². The molecule has 0 rings (SSSR count). The molecule has 0 aliphatic heterocycles. The molecule has 0 radical (unpaired) electrons. The van der Waals surface area contributed by atoms with Gasteiger partial charge in [0.1, 0.15) is 0 Å². The first-order valence-corrected chi connectivity index (χ1v) is 6.16. The van der Waals surface area contributed by atoms with E-state index < -0.39 is 0 Å². The van der Waals surface area contributed by atoms with Crippen molar-refractivity contribution in [1.29, 1.82) is 0 Å². The molecule has 0 aromatic carbocycles. The van der Waals surface area contributed by atoms with Crippen LogP contribution < -0.4 is 0 Å². The molecule has 0 amide bonds. The van der Waals surface area contributed by atoms with E-state index in [1.807, 2.05) is 0 Å². The Balaban J connectivity index is 0. The third-order valence-electron chi connectivity index (χ3n) is 1.78. The van der Waals surface area contributed by atoms with Gasteiger partial charge in [0.25, 0.3) is 0 Å². The normalized spacial score (nSPS) is 13.1. The molecule has 2 heteroatoms. The number of hydrogen-bond acceptors (Lipinski definition) is 0. The van der Waals surface area contributed by atoms with E-state index in [2.05, 4.69) is 26.9 Å². The zero-order valence-electron chi connectivity index (χ0n) is 6.27. The van der Waals surface area contributed by atoms with Crippen LogP contribution >= 0.6 is 0 Å². The van der Waals surface area contributed by atoms with Crippen LogP contribution in [-0.4, -0.2) is 8.80 Å². The fraction of sp³-hybridized carbons (Fsp3) is 1.00. The quantitative estimate of drug-likeness (QED) is 0.511. The lowest BCUT2D eigenvalue weighted by Gasteiger charge is -2.08. The average molecular weight is 136 g/mol. The second-order valence-electron chi connectivity index (χ2n) is 2.63. The number of halogens is 1. The van der Waals surface area contributed by atoms with Gasteiger partial charge in [-0.05, 0) is 0 Å². The second kappa shape index (κ2) is 5.29. The van der Waals surface area contributed by atoms with Crippen LogP contribution in [0, 0.1) is 0 Å². The van der Waals surface area contributed by atoms with E-state index in [-0.39, 0.29) is 13.5 Å². The topological polar surface area (TPSA) is 0 Å². The van der Waals surface area contributed by atoms with Crippen LogP contribution in [0.15, 0.2) is 0 Å². The summed E-state index contributed by atoms with van der Waals surface area (Å²) in [6.45, 7) is 9.46. The Morgan fingerprint density at radius 2 is 1.75 bits per heavy atom. The maximum absolute atomic E-state index is 2.41. The highest BCUT2D eigenvalue weighted by Crippen LogP contribution is 2.11. The molecule has 0 aromatic heterocycles. The Hall–Kier alpha value is 0.147. The maximum atomic E-state index is 2.41. The van der Waals surface area contributed by atoms with E-state index in [9.17, 15) is 0 Å². The van der Waals surface area contributed by atoms with Crippen LogP contribution in [-0.2, 0) is 0 Å². The van der Waals surface area contributed by atoms with Gasteiger partial charge in [-0.3, -0.25) is 4.70 Å². The number of hydrogen-bond donors (Lipinski definition) is 0. The van der Waals surface area contributed by atoms with E-state index >= 15 is 0 Å². The Labute approximate surface area is 53.3 Å². The highest BCUT2D eigenvalue weighted by molar-refractivity contribution is 6.57. The van der Waals surface area contributed by atoms with Gasteiger partial charge >= 0.3 is 0 Å². The van der Waals surface area contributed by atoms with Crippen molar-refractivity contribution in [3.63, 3.8) is 0 Å². The second-order valence-corrected chi connectivity index (χ2v) is 6.26. The van der Waals surface area contributed by atoms with Crippen LogP contribution in [0.1, 0.15) is 20.3 Å². The predicted octanol–water partition coefficient (Wildman–Crippen LogP) is 2.43. The van der Waals surface area contributed by atoms with Crippen molar-refractivity contribution in [2.45, 2.75) is 38.9 Å². The van der Waals surface area contributed by atoms with E-state index in [0.29, 0.717) is 0 Å². The molecule has 0 bridgehead atoms. The Morgan fingerprint density at radius 3 is 1.75 bits per heavy atom. The number of rotatable bonds is 2. The third kappa shape index (κ3) is 4.31. The monoisotopic (exact) mass is 136 g/mol. The van der Waals surface area contributed by atoms with Gasteiger partial charge in [0.2, 0.25) is 0 Å². The molecule has 0 heterocycles. The minimum atomic E-state index is -0.265. The third-order valence-corrected chi connectivity index (χ3v) is 4.53. The van der Waals surface area contributed by atoms with E-state index in [4.69, 9.17) is 0 Å². The van der Waals surface area contributed by atoms with Crippen LogP contribution in [0.5, 0.6) is 0 Å². The molecule has 1 unspecified atom stereocenters. The van der Waals surface area contributed by atoms with Gasteiger partial charge in [0.05, 0.1) is 0 Å². The molecule has 0 N–H and O–H groups in total. The minimum absolute atomic E-state index is 0. The largest absolute Gasteiger partial charge is 0.269 e. The lowest BCUT2D eigenvalue weighted by atomic mass is 10.4. The van der Waals surface area contributed by atoms with Crippen LogP contribution in [0.4, 0.5) is 4.70 Å². The molecular weight excluding hydrogens is 119 g/mol. The summed E-state index contributed by atoms with van der Waals surface area (Å²) >= 11 is 0. The first-order valence-electron chi connectivity index (χ1n) is 3.18. The summed E-state index contributed by atoms with van der Waals surface area (Å²) in [7, 11) is -0.265. The molecule has 0 aliphatic rings. The van der Waals surface area contributed by atoms with Crippen LogP contribution in [0.25, 0.3) is 0 Å². The molecule has 0 saturated heterocycles. The van der Waals surface area contributed by atoms with E-state index in [1.165, 1.54) is 6.42 Å². The van der Waals surface area contributed by atoms with E-state index in [1.54, 1.807) is 0 Å². The van der Waals surface area contributed by atoms with Crippen LogP contribution in [0.3, 0.4) is 0 Å². The fourth-order valence-corrected chi connectivity index (χ4v) is 1.41. The van der Waals surface area contributed by atoms with Crippen LogP contribution in [0.2, 0.25) is 18.6 Å². The predicted molar refractivity (Wildman–Crippen MR) is 41.1 cm³/mol. The molecule has 0 aromatic rings. The Kier molecular flexibility index (Phi) is 7.28. The molecule has 0 fully saturated rings. The molecule has 0 aliphatic carbocycles. The maximum Gasteiger partial charge on any atom is 0.0333 e. The summed E-state index contributed by atoms with van der Waals surface area (Å²) < 4.78 is 0. The molecule has 52 valence electrons. The molecule has 8 heavy (non-hydrogen) atoms. The summed E-state index contributed by atoms with van der Waals surface area (Å²) in [5, 5.41) is 0. The van der Waals surface area contributed by atoms with Gasteiger partial charge < -0.3 is 0 Å².